The molecule has 0 aliphatic heterocycles. The van der Waals surface area contributed by atoms with Gasteiger partial charge in [0.1, 0.15) is 0 Å². The molecule has 0 bridgehead atoms. The Balaban J connectivity index is 3.05. The lowest BCUT2D eigenvalue weighted by Crippen LogP contribution is -2.24. The topological polar surface area (TPSA) is 23.8 Å². The molecule has 0 unspecified atom stereocenters. The number of halogens is 1. The van der Waals surface area contributed by atoms with E-state index >= 15 is 0 Å². The third-order valence-corrected chi connectivity index (χ3v) is 3.13. The Bertz CT molecular complexity index is 320. The van der Waals surface area contributed by atoms with Crippen LogP contribution in [0, 0.1) is 11.3 Å². The van der Waals surface area contributed by atoms with Gasteiger partial charge < -0.3 is 0 Å². The molecule has 0 spiro atoms. The fourth-order valence-electron chi connectivity index (χ4n) is 1.94. The number of hydrogen-bond acceptors (Lipinski definition) is 1. The second kappa shape index (κ2) is 5.92. The molecule has 1 atom stereocenters. The summed E-state index contributed by atoms with van der Waals surface area (Å²) in [5.74, 6) is 0. The maximum absolute atomic E-state index is 9.42. The van der Waals surface area contributed by atoms with E-state index in [9.17, 15) is 5.26 Å². The quantitative estimate of drug-likeness (QED) is 0.738. The van der Waals surface area contributed by atoms with Crippen molar-refractivity contribution in [3.05, 3.63) is 35.9 Å². The molecule has 1 rings (SSSR count). The summed E-state index contributed by atoms with van der Waals surface area (Å²) >= 11 is 3.44. The molecule has 0 fully saturated rings. The van der Waals surface area contributed by atoms with E-state index in [-0.39, 0.29) is 5.41 Å². The minimum Gasteiger partial charge on any atom is -0.197 e. The zero-order chi connectivity index (χ0) is 11.1. The molecule has 0 N–H and O–H groups in total. The van der Waals surface area contributed by atoms with E-state index in [0.29, 0.717) is 0 Å². The maximum atomic E-state index is 9.42. The second-order valence-electron chi connectivity index (χ2n) is 3.75. The Morgan fingerprint density at radius 3 is 2.40 bits per heavy atom. The number of rotatable bonds is 5. The lowest BCUT2D eigenvalue weighted by Gasteiger charge is -2.25. The molecule has 0 aliphatic rings. The van der Waals surface area contributed by atoms with Crippen LogP contribution in [0.4, 0.5) is 0 Å². The van der Waals surface area contributed by atoms with Crippen LogP contribution < -0.4 is 0 Å². The van der Waals surface area contributed by atoms with Crippen molar-refractivity contribution in [2.45, 2.75) is 31.6 Å². The summed E-state index contributed by atoms with van der Waals surface area (Å²) < 4.78 is 0. The summed E-state index contributed by atoms with van der Waals surface area (Å²) in [5, 5.41) is 10.3. The monoisotopic (exact) mass is 265 g/mol. The normalized spacial score (nSPS) is 14.2. The van der Waals surface area contributed by atoms with Crippen LogP contribution in [0.5, 0.6) is 0 Å². The number of benzene rings is 1. The molecule has 1 nitrogen and oxygen atoms in total. The van der Waals surface area contributed by atoms with Gasteiger partial charge in [0.15, 0.2) is 0 Å². The maximum Gasteiger partial charge on any atom is 0.0830 e. The van der Waals surface area contributed by atoms with Crippen LogP contribution in [-0.2, 0) is 5.41 Å². The largest absolute Gasteiger partial charge is 0.197 e. The first kappa shape index (κ1) is 12.3. The van der Waals surface area contributed by atoms with Gasteiger partial charge in [-0.2, -0.15) is 5.26 Å². The molecule has 0 amide bonds. The van der Waals surface area contributed by atoms with Crippen molar-refractivity contribution < 1.29 is 0 Å². The first-order valence-electron chi connectivity index (χ1n) is 5.32. The van der Waals surface area contributed by atoms with Gasteiger partial charge in [-0.3, -0.25) is 0 Å². The van der Waals surface area contributed by atoms with E-state index in [4.69, 9.17) is 0 Å². The molecule has 80 valence electrons. The summed E-state index contributed by atoms with van der Waals surface area (Å²) in [4.78, 5) is 0. The molecular weight excluding hydrogens is 250 g/mol. The minimum atomic E-state index is -0.306. The van der Waals surface area contributed by atoms with Crippen LogP contribution in [0.25, 0.3) is 0 Å². The van der Waals surface area contributed by atoms with Gasteiger partial charge >= 0.3 is 0 Å². The van der Waals surface area contributed by atoms with E-state index < -0.39 is 0 Å². The predicted octanol–water partition coefficient (Wildman–Crippen LogP) is 4.03. The molecule has 0 heterocycles. The van der Waals surface area contributed by atoms with Crippen LogP contribution in [0.2, 0.25) is 0 Å². The van der Waals surface area contributed by atoms with Gasteiger partial charge in [-0.15, -0.1) is 0 Å². The van der Waals surface area contributed by atoms with Crippen LogP contribution in [0.3, 0.4) is 0 Å². The molecule has 1 aromatic carbocycles. The lowest BCUT2D eigenvalue weighted by molar-refractivity contribution is 0.484. The SMILES string of the molecule is CCC[C@](C#N)(CCBr)c1ccccc1. The average Bonchev–Trinajstić information content (AvgIpc) is 2.30. The molecule has 0 saturated carbocycles. The smallest absolute Gasteiger partial charge is 0.0830 e. The van der Waals surface area contributed by atoms with Crippen LogP contribution in [0.1, 0.15) is 31.7 Å². The van der Waals surface area contributed by atoms with Crippen LogP contribution in [0.15, 0.2) is 30.3 Å². The third kappa shape index (κ3) is 2.82. The third-order valence-electron chi connectivity index (χ3n) is 2.74. The first-order valence-corrected chi connectivity index (χ1v) is 6.44. The molecule has 0 aliphatic carbocycles. The Hall–Kier alpha value is -0.810. The number of hydrogen-bond donors (Lipinski definition) is 0. The van der Waals surface area contributed by atoms with Crippen molar-refractivity contribution >= 4 is 15.9 Å². The van der Waals surface area contributed by atoms with Gasteiger partial charge in [-0.05, 0) is 18.4 Å². The molecule has 15 heavy (non-hydrogen) atoms. The average molecular weight is 266 g/mol. The molecular formula is C13H16BrN. The summed E-state index contributed by atoms with van der Waals surface area (Å²) in [6.07, 6.45) is 2.84. The number of nitriles is 1. The summed E-state index contributed by atoms with van der Waals surface area (Å²) in [6.45, 7) is 2.13. The lowest BCUT2D eigenvalue weighted by atomic mass is 9.76. The molecule has 1 aromatic rings. The number of alkyl halides is 1. The van der Waals surface area contributed by atoms with Crippen LogP contribution >= 0.6 is 15.9 Å². The fraction of sp³-hybridized carbons (Fsp3) is 0.462. The van der Waals surface area contributed by atoms with Crippen molar-refractivity contribution in [1.29, 1.82) is 5.26 Å². The Kier molecular flexibility index (Phi) is 4.84. The highest BCUT2D eigenvalue weighted by atomic mass is 79.9. The first-order chi connectivity index (χ1) is 7.29. The van der Waals surface area contributed by atoms with Gasteiger partial charge in [0.25, 0.3) is 0 Å². The predicted molar refractivity (Wildman–Crippen MR) is 67.1 cm³/mol. The van der Waals surface area contributed by atoms with Gasteiger partial charge in [0.05, 0.1) is 11.5 Å². The highest BCUT2D eigenvalue weighted by Crippen LogP contribution is 2.32. The Morgan fingerprint density at radius 1 is 1.27 bits per heavy atom. The van der Waals surface area contributed by atoms with Crippen molar-refractivity contribution in [3.8, 4) is 6.07 Å². The van der Waals surface area contributed by atoms with E-state index in [0.717, 1.165) is 30.2 Å². The van der Waals surface area contributed by atoms with Crippen molar-refractivity contribution in [3.63, 3.8) is 0 Å². The van der Waals surface area contributed by atoms with Gasteiger partial charge in [-0.25, -0.2) is 0 Å². The fourth-order valence-corrected chi connectivity index (χ4v) is 2.61. The van der Waals surface area contributed by atoms with E-state index in [1.165, 1.54) is 0 Å². The van der Waals surface area contributed by atoms with Crippen molar-refractivity contribution in [2.24, 2.45) is 0 Å². The second-order valence-corrected chi connectivity index (χ2v) is 4.54. The van der Waals surface area contributed by atoms with Gasteiger partial charge in [0.2, 0.25) is 0 Å². The highest BCUT2D eigenvalue weighted by Gasteiger charge is 2.30. The van der Waals surface area contributed by atoms with Crippen molar-refractivity contribution in [1.82, 2.24) is 0 Å². The number of nitrogens with zero attached hydrogens (tertiary/aromatic N) is 1. The van der Waals surface area contributed by atoms with Crippen LogP contribution in [-0.4, -0.2) is 5.33 Å². The molecule has 0 aromatic heterocycles. The summed E-state index contributed by atoms with van der Waals surface area (Å²) in [5.41, 5.74) is 0.841. The Morgan fingerprint density at radius 2 is 1.93 bits per heavy atom. The zero-order valence-corrected chi connectivity index (χ0v) is 10.6. The van der Waals surface area contributed by atoms with Crippen molar-refractivity contribution in [2.75, 3.05) is 5.33 Å². The molecule has 0 radical (unpaired) electrons. The molecule has 2 heteroatoms. The minimum absolute atomic E-state index is 0.306. The molecule has 0 saturated heterocycles. The zero-order valence-electron chi connectivity index (χ0n) is 9.04. The van der Waals surface area contributed by atoms with E-state index in [1.54, 1.807) is 0 Å². The standard InChI is InChI=1S/C13H16BrN/c1-2-8-13(11-15,9-10-14)12-6-4-3-5-7-12/h3-7H,2,8-10H2,1H3/t13-/m1/s1. The van der Waals surface area contributed by atoms with E-state index in [2.05, 4.69) is 41.1 Å². The highest BCUT2D eigenvalue weighted by molar-refractivity contribution is 9.09. The van der Waals surface area contributed by atoms with Gasteiger partial charge in [0, 0.05) is 5.33 Å². The van der Waals surface area contributed by atoms with E-state index in [1.807, 2.05) is 18.2 Å². The van der Waals surface area contributed by atoms with Gasteiger partial charge in [-0.1, -0.05) is 59.6 Å². The summed E-state index contributed by atoms with van der Waals surface area (Å²) in [6, 6.07) is 12.6. The Labute approximate surface area is 100 Å². The summed E-state index contributed by atoms with van der Waals surface area (Å²) in [7, 11) is 0.